The first-order valence-electron chi connectivity index (χ1n) is 6.21. The normalized spacial score (nSPS) is 10.2. The number of aryl methyl sites for hydroxylation is 1. The zero-order valence-corrected chi connectivity index (χ0v) is 12.3. The number of benzene rings is 2. The zero-order chi connectivity index (χ0) is 15.6. The van der Waals surface area contributed by atoms with Gasteiger partial charge in [0.25, 0.3) is 11.6 Å². The van der Waals surface area contributed by atoms with Crippen LogP contribution in [0.1, 0.15) is 21.5 Å². The monoisotopic (exact) mass is 304 g/mol. The number of carbonyl (C=O) groups is 1. The average Bonchev–Trinajstić information content (AvgIpc) is 2.44. The second-order valence-corrected chi connectivity index (χ2v) is 5.03. The molecule has 0 saturated heterocycles. The summed E-state index contributed by atoms with van der Waals surface area (Å²) in [6.07, 6.45) is 0. The van der Waals surface area contributed by atoms with Gasteiger partial charge in [-0.1, -0.05) is 23.7 Å². The minimum absolute atomic E-state index is 0.0783. The number of nitrogens with one attached hydrogen (secondary N) is 1. The van der Waals surface area contributed by atoms with Crippen molar-refractivity contribution in [1.29, 1.82) is 0 Å². The fourth-order valence-corrected chi connectivity index (χ4v) is 2.06. The standard InChI is InChI=1S/C15H13ClN2O3/c1-9-6-7-11(8-14(9)18(20)21)15(19)17-13-5-3-4-12(16)10(13)2/h3-8H,1-2H3,(H,17,19). The summed E-state index contributed by atoms with van der Waals surface area (Å²) in [5, 5.41) is 14.2. The Morgan fingerprint density at radius 1 is 1.24 bits per heavy atom. The van der Waals surface area contributed by atoms with Crippen LogP contribution in [0, 0.1) is 24.0 Å². The predicted octanol–water partition coefficient (Wildman–Crippen LogP) is 4.12. The minimum atomic E-state index is -0.503. The Bertz CT molecular complexity index is 729. The molecule has 0 aliphatic rings. The van der Waals surface area contributed by atoms with E-state index in [1.54, 1.807) is 44.2 Å². The Balaban J connectivity index is 2.31. The second kappa shape index (κ2) is 5.93. The molecule has 1 N–H and O–H groups in total. The van der Waals surface area contributed by atoms with Crippen molar-refractivity contribution in [2.24, 2.45) is 0 Å². The highest BCUT2D eigenvalue weighted by molar-refractivity contribution is 6.31. The first-order chi connectivity index (χ1) is 9.90. The van der Waals surface area contributed by atoms with E-state index in [1.807, 2.05) is 0 Å². The Kier molecular flexibility index (Phi) is 4.23. The summed E-state index contributed by atoms with van der Waals surface area (Å²) in [6.45, 7) is 3.41. The molecule has 0 saturated carbocycles. The van der Waals surface area contributed by atoms with Crippen molar-refractivity contribution in [3.63, 3.8) is 0 Å². The molecule has 2 aromatic rings. The number of anilines is 1. The Morgan fingerprint density at radius 3 is 2.62 bits per heavy atom. The smallest absolute Gasteiger partial charge is 0.273 e. The number of nitro benzene ring substituents is 1. The van der Waals surface area contributed by atoms with Crippen LogP contribution in [0.5, 0.6) is 0 Å². The van der Waals surface area contributed by atoms with Gasteiger partial charge in [-0.15, -0.1) is 0 Å². The van der Waals surface area contributed by atoms with Gasteiger partial charge in [-0.05, 0) is 37.6 Å². The number of nitro groups is 1. The van der Waals surface area contributed by atoms with Gasteiger partial charge in [0, 0.05) is 27.9 Å². The number of nitrogens with zero attached hydrogens (tertiary/aromatic N) is 1. The molecule has 0 heterocycles. The van der Waals surface area contributed by atoms with Crippen molar-refractivity contribution >= 4 is 28.9 Å². The molecule has 0 radical (unpaired) electrons. The van der Waals surface area contributed by atoms with Crippen LogP contribution >= 0.6 is 11.6 Å². The van der Waals surface area contributed by atoms with Gasteiger partial charge in [-0.2, -0.15) is 0 Å². The van der Waals surface area contributed by atoms with Gasteiger partial charge < -0.3 is 5.32 Å². The van der Waals surface area contributed by atoms with E-state index in [0.717, 1.165) is 5.56 Å². The van der Waals surface area contributed by atoms with E-state index in [1.165, 1.54) is 6.07 Å². The van der Waals surface area contributed by atoms with Crippen molar-refractivity contribution in [2.45, 2.75) is 13.8 Å². The van der Waals surface area contributed by atoms with Gasteiger partial charge in [0.1, 0.15) is 0 Å². The third kappa shape index (κ3) is 3.20. The lowest BCUT2D eigenvalue weighted by Gasteiger charge is -2.09. The highest BCUT2D eigenvalue weighted by Crippen LogP contribution is 2.24. The summed E-state index contributed by atoms with van der Waals surface area (Å²) < 4.78 is 0. The van der Waals surface area contributed by atoms with Crippen LogP contribution in [0.3, 0.4) is 0 Å². The number of hydrogen-bond acceptors (Lipinski definition) is 3. The molecule has 0 atom stereocenters. The second-order valence-electron chi connectivity index (χ2n) is 4.62. The molecule has 1 amide bonds. The number of amides is 1. The SMILES string of the molecule is Cc1ccc(C(=O)Nc2cccc(Cl)c2C)cc1[N+](=O)[O-]. The number of halogens is 1. The van der Waals surface area contributed by atoms with Crippen LogP contribution in [0.2, 0.25) is 5.02 Å². The summed E-state index contributed by atoms with van der Waals surface area (Å²) in [6, 6.07) is 9.55. The van der Waals surface area contributed by atoms with Crippen molar-refractivity contribution in [1.82, 2.24) is 0 Å². The molecule has 21 heavy (non-hydrogen) atoms. The van der Waals surface area contributed by atoms with E-state index >= 15 is 0 Å². The van der Waals surface area contributed by atoms with Crippen LogP contribution in [0.15, 0.2) is 36.4 Å². The maximum Gasteiger partial charge on any atom is 0.273 e. The number of rotatable bonds is 3. The molecule has 0 aromatic heterocycles. The molecule has 0 spiro atoms. The molecule has 2 aromatic carbocycles. The minimum Gasteiger partial charge on any atom is -0.322 e. The van der Waals surface area contributed by atoms with Crippen LogP contribution < -0.4 is 5.32 Å². The number of carbonyl (C=O) groups excluding carboxylic acids is 1. The lowest BCUT2D eigenvalue weighted by atomic mass is 10.1. The van der Waals surface area contributed by atoms with E-state index in [-0.39, 0.29) is 11.3 Å². The largest absolute Gasteiger partial charge is 0.322 e. The molecule has 0 fully saturated rings. The van der Waals surface area contributed by atoms with Crippen LogP contribution in [-0.2, 0) is 0 Å². The number of hydrogen-bond donors (Lipinski definition) is 1. The fraction of sp³-hybridized carbons (Fsp3) is 0.133. The highest BCUT2D eigenvalue weighted by atomic mass is 35.5. The average molecular weight is 305 g/mol. The predicted molar refractivity (Wildman–Crippen MR) is 82.0 cm³/mol. The summed E-state index contributed by atoms with van der Waals surface area (Å²) in [5.41, 5.74) is 1.98. The van der Waals surface area contributed by atoms with Crippen molar-refractivity contribution < 1.29 is 9.72 Å². The fourth-order valence-electron chi connectivity index (χ4n) is 1.88. The van der Waals surface area contributed by atoms with Gasteiger partial charge >= 0.3 is 0 Å². The van der Waals surface area contributed by atoms with E-state index < -0.39 is 10.8 Å². The summed E-state index contributed by atoms with van der Waals surface area (Å²) in [5.74, 6) is -0.413. The molecule has 0 aliphatic carbocycles. The van der Waals surface area contributed by atoms with Crippen molar-refractivity contribution in [3.8, 4) is 0 Å². The lowest BCUT2D eigenvalue weighted by Crippen LogP contribution is -2.13. The van der Waals surface area contributed by atoms with Gasteiger partial charge in [0.15, 0.2) is 0 Å². The molecule has 0 aliphatic heterocycles. The zero-order valence-electron chi connectivity index (χ0n) is 11.5. The van der Waals surface area contributed by atoms with Crippen molar-refractivity contribution in [3.05, 3.63) is 68.2 Å². The maximum absolute atomic E-state index is 12.2. The first kappa shape index (κ1) is 15.0. The van der Waals surface area contributed by atoms with Gasteiger partial charge in [-0.25, -0.2) is 0 Å². The van der Waals surface area contributed by atoms with Crippen LogP contribution in [0.25, 0.3) is 0 Å². The van der Waals surface area contributed by atoms with E-state index in [2.05, 4.69) is 5.32 Å². The Labute approximate surface area is 126 Å². The summed E-state index contributed by atoms with van der Waals surface area (Å²) >= 11 is 5.99. The van der Waals surface area contributed by atoms with Crippen LogP contribution in [-0.4, -0.2) is 10.8 Å². The van der Waals surface area contributed by atoms with E-state index in [9.17, 15) is 14.9 Å². The molecular formula is C15H13ClN2O3. The molecular weight excluding hydrogens is 292 g/mol. The molecule has 108 valence electrons. The molecule has 0 unspecified atom stereocenters. The third-order valence-electron chi connectivity index (χ3n) is 3.18. The van der Waals surface area contributed by atoms with Gasteiger partial charge in [0.2, 0.25) is 0 Å². The Hall–Kier alpha value is -2.40. The molecule has 0 bridgehead atoms. The summed E-state index contributed by atoms with van der Waals surface area (Å²) in [4.78, 5) is 22.6. The topological polar surface area (TPSA) is 72.2 Å². The van der Waals surface area contributed by atoms with Crippen LogP contribution in [0.4, 0.5) is 11.4 Å². The van der Waals surface area contributed by atoms with Gasteiger partial charge in [-0.3, -0.25) is 14.9 Å². The van der Waals surface area contributed by atoms with Crippen molar-refractivity contribution in [2.75, 3.05) is 5.32 Å². The quantitative estimate of drug-likeness (QED) is 0.685. The first-order valence-corrected chi connectivity index (χ1v) is 6.59. The molecule has 6 heteroatoms. The van der Waals surface area contributed by atoms with Gasteiger partial charge in [0.05, 0.1) is 4.92 Å². The maximum atomic E-state index is 12.2. The summed E-state index contributed by atoms with van der Waals surface area (Å²) in [7, 11) is 0. The van der Waals surface area contributed by atoms with E-state index in [4.69, 9.17) is 11.6 Å². The molecule has 2 rings (SSSR count). The Morgan fingerprint density at radius 2 is 1.95 bits per heavy atom. The lowest BCUT2D eigenvalue weighted by molar-refractivity contribution is -0.385. The molecule has 5 nitrogen and oxygen atoms in total. The van der Waals surface area contributed by atoms with E-state index in [0.29, 0.717) is 16.3 Å². The highest BCUT2D eigenvalue weighted by Gasteiger charge is 2.15. The third-order valence-corrected chi connectivity index (χ3v) is 3.59.